The molecule has 0 atom stereocenters. The number of aromatic nitrogens is 2. The maximum atomic E-state index is 10.8. The summed E-state index contributed by atoms with van der Waals surface area (Å²) in [6.07, 6.45) is 4.57. The van der Waals surface area contributed by atoms with E-state index in [1.54, 1.807) is 13.2 Å². The van der Waals surface area contributed by atoms with E-state index >= 15 is 0 Å². The van der Waals surface area contributed by atoms with Crippen LogP contribution in [-0.4, -0.2) is 41.8 Å². The second-order valence-corrected chi connectivity index (χ2v) is 6.97. The van der Waals surface area contributed by atoms with E-state index in [0.29, 0.717) is 12.3 Å². The summed E-state index contributed by atoms with van der Waals surface area (Å²) in [5.41, 5.74) is 8.65. The minimum Gasteiger partial charge on any atom is -0.484 e. The van der Waals surface area contributed by atoms with Crippen molar-refractivity contribution in [2.45, 2.75) is 19.5 Å². The minimum atomic E-state index is -0.490. The molecule has 0 saturated carbocycles. The summed E-state index contributed by atoms with van der Waals surface area (Å²) in [7, 11) is 1.76. The number of aliphatic imine (C=N–C) groups is 1. The monoisotopic (exact) mass is 420 g/mol. The smallest absolute Gasteiger partial charge is 0.255 e. The third kappa shape index (κ3) is 7.18. The zero-order valence-corrected chi connectivity index (χ0v) is 17.6. The molecule has 0 bridgehead atoms. The quantitative estimate of drug-likeness (QED) is 0.342. The number of nitrogens with one attached hydrogen (secondary N) is 2. The number of amides is 1. The Morgan fingerprint density at radius 3 is 2.55 bits per heavy atom. The van der Waals surface area contributed by atoms with Crippen LogP contribution in [0.25, 0.3) is 0 Å². The molecule has 0 unspecified atom stereocenters. The lowest BCUT2D eigenvalue weighted by Gasteiger charge is -2.14. The van der Waals surface area contributed by atoms with Crippen LogP contribution in [0.1, 0.15) is 16.7 Å². The van der Waals surface area contributed by atoms with E-state index in [2.05, 4.69) is 32.9 Å². The van der Waals surface area contributed by atoms with E-state index in [9.17, 15) is 4.79 Å². The zero-order valence-electron chi connectivity index (χ0n) is 17.6. The number of benzene rings is 2. The van der Waals surface area contributed by atoms with E-state index < -0.39 is 5.91 Å². The first-order chi connectivity index (χ1) is 15.1. The molecular formula is C23H28N6O2. The number of carbonyl (C=O) groups excluding carboxylic acids is 1. The van der Waals surface area contributed by atoms with Gasteiger partial charge in [-0.25, -0.2) is 0 Å². The predicted octanol–water partition coefficient (Wildman–Crippen LogP) is 1.70. The Morgan fingerprint density at radius 2 is 1.87 bits per heavy atom. The molecule has 0 radical (unpaired) electrons. The van der Waals surface area contributed by atoms with Gasteiger partial charge in [-0.2, -0.15) is 5.10 Å². The molecule has 0 saturated heterocycles. The first-order valence-electron chi connectivity index (χ1n) is 10.1. The van der Waals surface area contributed by atoms with Crippen molar-refractivity contribution >= 4 is 11.9 Å². The maximum Gasteiger partial charge on any atom is 0.255 e. The Labute approximate surface area is 182 Å². The summed E-state index contributed by atoms with van der Waals surface area (Å²) < 4.78 is 7.19. The highest BCUT2D eigenvalue weighted by Gasteiger charge is 2.05. The van der Waals surface area contributed by atoms with Crippen molar-refractivity contribution in [1.29, 1.82) is 0 Å². The standard InChI is InChI=1S/C23H28N6O2/c1-25-23(26-13-11-18-7-9-21(10-8-18)31-17-22(24)30)27-15-19-5-2-3-6-20(19)16-29-14-4-12-28-29/h2-10,12,14H,11,13,15-17H2,1H3,(H2,24,30)(H2,25,26,27). The van der Waals surface area contributed by atoms with Crippen molar-refractivity contribution in [1.82, 2.24) is 20.4 Å². The van der Waals surface area contributed by atoms with Gasteiger partial charge in [-0.15, -0.1) is 0 Å². The van der Waals surface area contributed by atoms with Crippen LogP contribution in [-0.2, 0) is 24.3 Å². The summed E-state index contributed by atoms with van der Waals surface area (Å²) in [5.74, 6) is 0.883. The number of nitrogens with zero attached hydrogens (tertiary/aromatic N) is 3. The van der Waals surface area contributed by atoms with Crippen molar-refractivity contribution in [3.8, 4) is 5.75 Å². The fourth-order valence-corrected chi connectivity index (χ4v) is 3.08. The van der Waals surface area contributed by atoms with Crippen LogP contribution in [0.15, 0.2) is 72.0 Å². The second kappa shape index (κ2) is 11.4. The van der Waals surface area contributed by atoms with Crippen LogP contribution in [0.4, 0.5) is 0 Å². The average molecular weight is 421 g/mol. The molecule has 4 N–H and O–H groups in total. The molecule has 0 spiro atoms. The number of rotatable bonds is 10. The summed E-state index contributed by atoms with van der Waals surface area (Å²) in [5, 5.41) is 11.0. The lowest BCUT2D eigenvalue weighted by molar-refractivity contribution is -0.119. The molecule has 2 aromatic carbocycles. The van der Waals surface area contributed by atoms with Crippen molar-refractivity contribution in [2.24, 2.45) is 10.7 Å². The number of hydrogen-bond acceptors (Lipinski definition) is 4. The SMILES string of the molecule is CN=C(NCCc1ccc(OCC(N)=O)cc1)NCc1ccccc1Cn1cccn1. The fraction of sp³-hybridized carbons (Fsp3) is 0.261. The number of ether oxygens (including phenoxy) is 1. The molecule has 0 aliphatic rings. The number of primary amides is 1. The van der Waals surface area contributed by atoms with Crippen LogP contribution in [0.5, 0.6) is 5.75 Å². The molecule has 162 valence electrons. The lowest BCUT2D eigenvalue weighted by atomic mass is 10.1. The highest BCUT2D eigenvalue weighted by atomic mass is 16.5. The Kier molecular flexibility index (Phi) is 8.05. The maximum absolute atomic E-state index is 10.8. The van der Waals surface area contributed by atoms with Crippen LogP contribution in [0.3, 0.4) is 0 Å². The summed E-state index contributed by atoms with van der Waals surface area (Å²) in [6.45, 7) is 2.02. The van der Waals surface area contributed by atoms with Crippen LogP contribution in [0, 0.1) is 0 Å². The Hall–Kier alpha value is -3.81. The van der Waals surface area contributed by atoms with Gasteiger partial charge in [0.15, 0.2) is 12.6 Å². The minimum absolute atomic E-state index is 0.117. The van der Waals surface area contributed by atoms with E-state index in [1.165, 1.54) is 11.1 Å². The Bertz CT molecular complexity index is 984. The number of guanidine groups is 1. The highest BCUT2D eigenvalue weighted by Crippen LogP contribution is 2.12. The second-order valence-electron chi connectivity index (χ2n) is 6.97. The van der Waals surface area contributed by atoms with Gasteiger partial charge in [0.2, 0.25) is 0 Å². The molecular weight excluding hydrogens is 392 g/mol. The summed E-state index contributed by atoms with van der Waals surface area (Å²) in [4.78, 5) is 15.1. The Balaban J connectivity index is 1.46. The highest BCUT2D eigenvalue weighted by molar-refractivity contribution is 5.79. The molecule has 8 nitrogen and oxygen atoms in total. The number of nitrogens with two attached hydrogens (primary N) is 1. The van der Waals surface area contributed by atoms with Crippen molar-refractivity contribution < 1.29 is 9.53 Å². The van der Waals surface area contributed by atoms with Gasteiger partial charge in [0.1, 0.15) is 5.75 Å². The molecule has 0 aliphatic heterocycles. The van der Waals surface area contributed by atoms with Gasteiger partial charge in [-0.1, -0.05) is 36.4 Å². The van der Waals surface area contributed by atoms with Crippen molar-refractivity contribution in [3.05, 3.63) is 83.7 Å². The van der Waals surface area contributed by atoms with Crippen LogP contribution in [0.2, 0.25) is 0 Å². The third-order valence-corrected chi connectivity index (χ3v) is 4.69. The third-order valence-electron chi connectivity index (χ3n) is 4.69. The predicted molar refractivity (Wildman–Crippen MR) is 121 cm³/mol. The van der Waals surface area contributed by atoms with Crippen molar-refractivity contribution in [2.75, 3.05) is 20.2 Å². The first kappa shape index (κ1) is 21.9. The van der Waals surface area contributed by atoms with Gasteiger partial charge in [0.05, 0.1) is 6.54 Å². The molecule has 1 aromatic heterocycles. The molecule has 1 amide bonds. The topological polar surface area (TPSA) is 107 Å². The van der Waals surface area contributed by atoms with E-state index in [4.69, 9.17) is 10.5 Å². The molecule has 3 aromatic rings. The van der Waals surface area contributed by atoms with Gasteiger partial charge >= 0.3 is 0 Å². The largest absolute Gasteiger partial charge is 0.484 e. The molecule has 0 aliphatic carbocycles. The summed E-state index contributed by atoms with van der Waals surface area (Å²) in [6, 6.07) is 17.8. The van der Waals surface area contributed by atoms with Crippen molar-refractivity contribution in [3.63, 3.8) is 0 Å². The van der Waals surface area contributed by atoms with Gasteiger partial charge in [-0.05, 0) is 41.3 Å². The molecule has 3 rings (SSSR count). The van der Waals surface area contributed by atoms with Gasteiger partial charge in [-0.3, -0.25) is 14.5 Å². The fourth-order valence-electron chi connectivity index (χ4n) is 3.08. The molecule has 8 heteroatoms. The Morgan fingerprint density at radius 1 is 1.10 bits per heavy atom. The normalized spacial score (nSPS) is 11.2. The number of hydrogen-bond donors (Lipinski definition) is 3. The van der Waals surface area contributed by atoms with Gasteiger partial charge < -0.3 is 21.1 Å². The van der Waals surface area contributed by atoms with Gasteiger partial charge in [0, 0.05) is 32.5 Å². The lowest BCUT2D eigenvalue weighted by Crippen LogP contribution is -2.38. The number of carbonyl (C=O) groups is 1. The molecule has 0 fully saturated rings. The molecule has 1 heterocycles. The molecule has 31 heavy (non-hydrogen) atoms. The van der Waals surface area contributed by atoms with E-state index in [-0.39, 0.29) is 6.61 Å². The van der Waals surface area contributed by atoms with Crippen LogP contribution < -0.4 is 21.1 Å². The van der Waals surface area contributed by atoms with E-state index in [0.717, 1.165) is 31.0 Å². The zero-order chi connectivity index (χ0) is 21.9. The van der Waals surface area contributed by atoms with Crippen LogP contribution >= 0.6 is 0 Å². The van der Waals surface area contributed by atoms with Gasteiger partial charge in [0.25, 0.3) is 5.91 Å². The van der Waals surface area contributed by atoms with E-state index in [1.807, 2.05) is 53.3 Å². The first-order valence-corrected chi connectivity index (χ1v) is 10.1. The summed E-state index contributed by atoms with van der Waals surface area (Å²) >= 11 is 0. The average Bonchev–Trinajstić information content (AvgIpc) is 3.29.